The van der Waals surface area contributed by atoms with Crippen LogP contribution in [0.3, 0.4) is 0 Å². The number of anilines is 1. The van der Waals surface area contributed by atoms with Crippen molar-refractivity contribution in [1.29, 1.82) is 0 Å². The maximum absolute atomic E-state index is 13.3. The molecule has 0 radical (unpaired) electrons. The van der Waals surface area contributed by atoms with Gasteiger partial charge < -0.3 is 20.4 Å². The van der Waals surface area contributed by atoms with Crippen LogP contribution in [0.2, 0.25) is 0 Å². The summed E-state index contributed by atoms with van der Waals surface area (Å²) in [6.07, 6.45) is 0.917. The summed E-state index contributed by atoms with van der Waals surface area (Å²) < 4.78 is 8.84. The number of aryl methyl sites for hydroxylation is 2. The second kappa shape index (κ2) is 10.6. The summed E-state index contributed by atoms with van der Waals surface area (Å²) in [7, 11) is 0. The molecule has 3 amide bonds. The van der Waals surface area contributed by atoms with Crippen molar-refractivity contribution in [3.8, 4) is 0 Å². The Balaban J connectivity index is 1.81. The van der Waals surface area contributed by atoms with Crippen molar-refractivity contribution in [3.63, 3.8) is 0 Å². The molecular weight excluding hydrogens is 474 g/mol. The number of rotatable bonds is 8. The second-order valence-corrected chi connectivity index (χ2v) is 11.0. The maximum atomic E-state index is 13.3. The van der Waals surface area contributed by atoms with E-state index in [1.165, 1.54) is 0 Å². The Morgan fingerprint density at radius 2 is 1.76 bits per heavy atom. The summed E-state index contributed by atoms with van der Waals surface area (Å²) >= 11 is 0. The number of nitrogens with one attached hydrogen (secondary N) is 2. The van der Waals surface area contributed by atoms with Crippen molar-refractivity contribution in [3.05, 3.63) is 41.2 Å². The first kappa shape index (κ1) is 27.7. The summed E-state index contributed by atoms with van der Waals surface area (Å²) in [6, 6.07) is 6.75. The van der Waals surface area contributed by atoms with Gasteiger partial charge in [-0.3, -0.25) is 19.6 Å². The van der Waals surface area contributed by atoms with Crippen molar-refractivity contribution < 1.29 is 19.1 Å². The van der Waals surface area contributed by atoms with Crippen LogP contribution in [0.1, 0.15) is 80.9 Å². The number of alkyl carbamates (subject to hydrolysis) is 1. The number of hydrogen-bond acceptors (Lipinski definition) is 6. The van der Waals surface area contributed by atoms with Gasteiger partial charge in [-0.05, 0) is 85.6 Å². The highest BCUT2D eigenvalue weighted by Crippen LogP contribution is 2.24. The third-order valence-electron chi connectivity index (χ3n) is 5.43. The van der Waals surface area contributed by atoms with Crippen molar-refractivity contribution in [2.75, 3.05) is 11.9 Å². The molecule has 0 aliphatic carbocycles. The normalized spacial score (nSPS) is 12.0. The van der Waals surface area contributed by atoms with Gasteiger partial charge in [0.2, 0.25) is 11.9 Å². The van der Waals surface area contributed by atoms with Crippen LogP contribution in [-0.2, 0) is 16.8 Å². The molecule has 0 aliphatic heterocycles. The van der Waals surface area contributed by atoms with E-state index in [2.05, 4.69) is 20.7 Å². The topological polar surface area (TPSA) is 146 Å². The fraction of sp³-hybridized carbons (Fsp3) is 0.500. The summed E-state index contributed by atoms with van der Waals surface area (Å²) in [5, 5.41) is 10.2. The van der Waals surface area contributed by atoms with Gasteiger partial charge in [0, 0.05) is 18.7 Å². The Kier molecular flexibility index (Phi) is 7.94. The van der Waals surface area contributed by atoms with Crippen molar-refractivity contribution in [1.82, 2.24) is 24.6 Å². The van der Waals surface area contributed by atoms with E-state index in [-0.39, 0.29) is 5.91 Å². The van der Waals surface area contributed by atoms with E-state index in [4.69, 9.17) is 10.5 Å². The van der Waals surface area contributed by atoms with Crippen LogP contribution in [0.25, 0.3) is 11.0 Å². The van der Waals surface area contributed by atoms with E-state index in [1.54, 1.807) is 28.9 Å². The van der Waals surface area contributed by atoms with Gasteiger partial charge in [-0.15, -0.1) is 0 Å². The molecule has 0 bridgehead atoms. The maximum Gasteiger partial charge on any atom is 0.407 e. The van der Waals surface area contributed by atoms with Crippen molar-refractivity contribution >= 4 is 34.9 Å². The number of amides is 3. The van der Waals surface area contributed by atoms with Gasteiger partial charge >= 0.3 is 6.09 Å². The first-order chi connectivity index (χ1) is 17.2. The molecule has 1 aromatic carbocycles. The summed E-state index contributed by atoms with van der Waals surface area (Å²) in [5.74, 6) is -0.547. The number of hydrogen-bond donors (Lipinski definition) is 3. The van der Waals surface area contributed by atoms with E-state index >= 15 is 0 Å². The largest absolute Gasteiger partial charge is 0.444 e. The highest BCUT2D eigenvalue weighted by atomic mass is 16.6. The van der Waals surface area contributed by atoms with Gasteiger partial charge in [0.05, 0.1) is 22.3 Å². The Bertz CT molecular complexity index is 1310. The zero-order valence-corrected chi connectivity index (χ0v) is 22.6. The molecular formula is C26H37N7O4. The zero-order chi connectivity index (χ0) is 27.5. The number of primary amides is 1. The van der Waals surface area contributed by atoms with Gasteiger partial charge in [-0.1, -0.05) is 0 Å². The molecule has 0 spiro atoms. The molecule has 0 fully saturated rings. The number of carbonyl (C=O) groups excluding carboxylic acids is 3. The molecule has 37 heavy (non-hydrogen) atoms. The summed E-state index contributed by atoms with van der Waals surface area (Å²) in [4.78, 5) is 41.5. The van der Waals surface area contributed by atoms with Gasteiger partial charge in [-0.25, -0.2) is 9.78 Å². The predicted octanol–water partition coefficient (Wildman–Crippen LogP) is 3.95. The number of carbonyl (C=O) groups is 3. The lowest BCUT2D eigenvalue weighted by Gasteiger charge is -2.22. The molecule has 3 rings (SSSR count). The number of aromatic nitrogens is 4. The first-order valence-electron chi connectivity index (χ1n) is 12.3. The molecule has 0 unspecified atom stereocenters. The van der Waals surface area contributed by atoms with Gasteiger partial charge in [0.1, 0.15) is 11.3 Å². The Hall–Kier alpha value is -3.89. The lowest BCUT2D eigenvalue weighted by molar-refractivity contribution is 0.0526. The van der Waals surface area contributed by atoms with Crippen LogP contribution < -0.4 is 16.4 Å². The highest BCUT2D eigenvalue weighted by molar-refractivity contribution is 6.03. The van der Waals surface area contributed by atoms with E-state index in [1.807, 2.05) is 53.0 Å². The summed E-state index contributed by atoms with van der Waals surface area (Å²) in [5.41, 5.74) is 7.27. The smallest absolute Gasteiger partial charge is 0.407 e. The molecule has 0 saturated heterocycles. The fourth-order valence-corrected chi connectivity index (χ4v) is 3.84. The lowest BCUT2D eigenvalue weighted by Crippen LogP contribution is -2.33. The minimum Gasteiger partial charge on any atom is -0.444 e. The summed E-state index contributed by atoms with van der Waals surface area (Å²) in [6.45, 7) is 14.2. The Morgan fingerprint density at radius 3 is 2.38 bits per heavy atom. The molecule has 200 valence electrons. The van der Waals surface area contributed by atoms with Crippen molar-refractivity contribution in [2.24, 2.45) is 5.73 Å². The minimum atomic E-state index is -0.558. The Morgan fingerprint density at radius 1 is 1.05 bits per heavy atom. The average Bonchev–Trinajstić information content (AvgIpc) is 3.32. The number of fused-ring (bicyclic) bond motifs is 1. The number of nitrogens with two attached hydrogens (primary N) is 1. The number of nitrogens with zero attached hydrogens (tertiary/aromatic N) is 4. The van der Waals surface area contributed by atoms with Gasteiger partial charge in [0.15, 0.2) is 0 Å². The van der Waals surface area contributed by atoms with Gasteiger partial charge in [-0.2, -0.15) is 5.10 Å². The average molecular weight is 512 g/mol. The predicted molar refractivity (Wildman–Crippen MR) is 142 cm³/mol. The van der Waals surface area contributed by atoms with Crippen LogP contribution in [-0.4, -0.2) is 49.4 Å². The van der Waals surface area contributed by atoms with Crippen LogP contribution in [0.5, 0.6) is 0 Å². The fourth-order valence-electron chi connectivity index (χ4n) is 3.84. The third kappa shape index (κ3) is 7.08. The number of unbranched alkanes of at least 4 members (excludes halogenated alkanes) is 1. The number of ether oxygens (including phenoxy) is 1. The molecule has 0 saturated carbocycles. The lowest BCUT2D eigenvalue weighted by atomic mass is 10.1. The minimum absolute atomic E-state index is 0.332. The molecule has 0 aliphatic rings. The molecule has 4 N–H and O–H groups in total. The van der Waals surface area contributed by atoms with E-state index in [0.29, 0.717) is 48.7 Å². The number of benzene rings is 1. The van der Waals surface area contributed by atoms with Crippen LogP contribution in [0.4, 0.5) is 10.7 Å². The SMILES string of the molecule is Cc1cc(C(=O)Nc2nc3cc(C(N)=O)ccc3n2CCCCNC(=O)OC(C)(C)C)n(C(C)(C)C)n1. The van der Waals surface area contributed by atoms with Gasteiger partial charge in [0.25, 0.3) is 5.91 Å². The molecule has 2 heterocycles. The second-order valence-electron chi connectivity index (χ2n) is 11.0. The van der Waals surface area contributed by atoms with Crippen LogP contribution >= 0.6 is 0 Å². The van der Waals surface area contributed by atoms with Crippen molar-refractivity contribution in [2.45, 2.75) is 79.0 Å². The van der Waals surface area contributed by atoms with E-state index in [9.17, 15) is 14.4 Å². The third-order valence-corrected chi connectivity index (χ3v) is 5.43. The standard InChI is InChI=1S/C26H37N7O4/c1-16-14-20(33(31-16)25(2,3)4)22(35)30-23-29-18-15-17(21(27)34)10-11-19(18)32(23)13-9-8-12-28-24(36)37-26(5,6)7/h10-11,14-15H,8-9,12-13H2,1-7H3,(H2,27,34)(H,28,36)(H,29,30,35). The molecule has 11 nitrogen and oxygen atoms in total. The quantitative estimate of drug-likeness (QED) is 0.390. The molecule has 3 aromatic rings. The monoisotopic (exact) mass is 511 g/mol. The Labute approximate surface area is 216 Å². The highest BCUT2D eigenvalue weighted by Gasteiger charge is 2.24. The molecule has 11 heteroatoms. The van der Waals surface area contributed by atoms with Crippen LogP contribution in [0, 0.1) is 6.92 Å². The zero-order valence-electron chi connectivity index (χ0n) is 22.6. The van der Waals surface area contributed by atoms with E-state index in [0.717, 1.165) is 11.2 Å². The number of imidazole rings is 1. The molecule has 2 aromatic heterocycles. The molecule has 0 atom stereocenters. The first-order valence-corrected chi connectivity index (χ1v) is 12.3. The van der Waals surface area contributed by atoms with E-state index < -0.39 is 23.1 Å². The van der Waals surface area contributed by atoms with Crippen LogP contribution in [0.15, 0.2) is 24.3 Å².